The maximum atomic E-state index is 13.4. The number of aliphatic imine (C=N–C) groups is 2. The molecule has 1 aromatic carbocycles. The van der Waals surface area contributed by atoms with Crippen molar-refractivity contribution in [2.45, 2.75) is 49.7 Å². The Hall–Kier alpha value is -1.76. The predicted octanol–water partition coefficient (Wildman–Crippen LogP) is 0.981. The molecular formula is C17H20ClF3N4O4. The molecule has 0 amide bonds. The third kappa shape index (κ3) is 4.55. The van der Waals surface area contributed by atoms with Gasteiger partial charge in [-0.15, -0.1) is 0 Å². The van der Waals surface area contributed by atoms with E-state index in [0.29, 0.717) is 0 Å². The Morgan fingerprint density at radius 3 is 2.59 bits per heavy atom. The monoisotopic (exact) mass is 436 g/mol. The SMILES string of the molecule is CC(N)=NC(=Nc1cc(Cl)ccc1C(F)(F)F)[C@@H]1OC2C(O)CO[C@@H]2C(N)C1O. The van der Waals surface area contributed by atoms with Crippen molar-refractivity contribution < 1.29 is 32.9 Å². The van der Waals surface area contributed by atoms with Gasteiger partial charge in [-0.25, -0.2) is 9.98 Å². The molecule has 2 heterocycles. The second-order valence-corrected chi connectivity index (χ2v) is 7.27. The summed E-state index contributed by atoms with van der Waals surface area (Å²) in [5, 5.41) is 20.6. The fraction of sp³-hybridized carbons (Fsp3) is 0.529. The van der Waals surface area contributed by atoms with Gasteiger partial charge in [-0.05, 0) is 25.1 Å². The van der Waals surface area contributed by atoms with E-state index >= 15 is 0 Å². The van der Waals surface area contributed by atoms with Crippen molar-refractivity contribution in [3.05, 3.63) is 28.8 Å². The first kappa shape index (κ1) is 21.9. The summed E-state index contributed by atoms with van der Waals surface area (Å²) in [6.45, 7) is 1.34. The second kappa shape index (κ2) is 8.17. The maximum Gasteiger partial charge on any atom is 0.418 e. The van der Waals surface area contributed by atoms with E-state index in [9.17, 15) is 23.4 Å². The zero-order valence-electron chi connectivity index (χ0n) is 15.2. The van der Waals surface area contributed by atoms with Gasteiger partial charge in [0.05, 0.1) is 29.7 Å². The number of ether oxygens (including phenoxy) is 2. The number of nitrogens with zero attached hydrogens (tertiary/aromatic N) is 2. The molecule has 0 bridgehead atoms. The van der Waals surface area contributed by atoms with Crippen molar-refractivity contribution in [3.63, 3.8) is 0 Å². The summed E-state index contributed by atoms with van der Waals surface area (Å²) in [4.78, 5) is 7.90. The van der Waals surface area contributed by atoms with E-state index in [1.165, 1.54) is 6.92 Å². The highest BCUT2D eigenvalue weighted by atomic mass is 35.5. The lowest BCUT2D eigenvalue weighted by atomic mass is 9.92. The van der Waals surface area contributed by atoms with E-state index in [2.05, 4.69) is 9.98 Å². The molecule has 2 fully saturated rings. The fourth-order valence-electron chi connectivity index (χ4n) is 3.27. The van der Waals surface area contributed by atoms with Crippen LogP contribution in [-0.4, -0.2) is 65.1 Å². The largest absolute Gasteiger partial charge is 0.418 e. The summed E-state index contributed by atoms with van der Waals surface area (Å²) < 4.78 is 51.2. The molecule has 3 rings (SSSR count). The van der Waals surface area contributed by atoms with Gasteiger partial charge >= 0.3 is 6.18 Å². The van der Waals surface area contributed by atoms with E-state index in [1.807, 2.05) is 0 Å². The number of amidine groups is 2. The molecule has 2 aliphatic rings. The molecule has 0 aliphatic carbocycles. The number of nitrogens with two attached hydrogens (primary N) is 2. The molecule has 2 saturated heterocycles. The lowest BCUT2D eigenvalue weighted by Gasteiger charge is -2.40. The molecule has 2 aliphatic heterocycles. The van der Waals surface area contributed by atoms with Gasteiger partial charge in [0.1, 0.15) is 30.5 Å². The molecule has 8 nitrogen and oxygen atoms in total. The average Bonchev–Trinajstić information content (AvgIpc) is 2.97. The van der Waals surface area contributed by atoms with Crippen LogP contribution in [0.15, 0.2) is 28.2 Å². The number of hydrogen-bond donors (Lipinski definition) is 4. The van der Waals surface area contributed by atoms with Crippen molar-refractivity contribution in [2.75, 3.05) is 6.61 Å². The van der Waals surface area contributed by atoms with E-state index in [4.69, 9.17) is 32.5 Å². The smallest absolute Gasteiger partial charge is 0.388 e. The zero-order chi connectivity index (χ0) is 21.5. The lowest BCUT2D eigenvalue weighted by molar-refractivity contribution is -0.150. The minimum atomic E-state index is -4.71. The lowest BCUT2D eigenvalue weighted by Crippen LogP contribution is -2.63. The van der Waals surface area contributed by atoms with Crippen molar-refractivity contribution in [3.8, 4) is 0 Å². The Balaban J connectivity index is 2.08. The highest BCUT2D eigenvalue weighted by Crippen LogP contribution is 2.38. The van der Waals surface area contributed by atoms with Crippen LogP contribution in [0.3, 0.4) is 0 Å². The molecule has 6 atom stereocenters. The summed E-state index contributed by atoms with van der Waals surface area (Å²) in [7, 11) is 0. The van der Waals surface area contributed by atoms with E-state index in [0.717, 1.165) is 18.2 Å². The minimum absolute atomic E-state index is 0.0195. The average molecular weight is 437 g/mol. The molecule has 12 heteroatoms. The molecule has 0 aromatic heterocycles. The molecule has 160 valence electrons. The van der Waals surface area contributed by atoms with Crippen LogP contribution < -0.4 is 11.5 Å². The van der Waals surface area contributed by atoms with Crippen LogP contribution in [-0.2, 0) is 15.7 Å². The number of halogens is 4. The maximum absolute atomic E-state index is 13.4. The summed E-state index contributed by atoms with van der Waals surface area (Å²) in [6.07, 6.45) is -10.2. The minimum Gasteiger partial charge on any atom is -0.388 e. The standard InChI is InChI=1S/C17H20ClF3N4O4/c1-6(22)24-16(25-9-4-7(18)2-3-8(9)17(19,20)21)15-12(27)11(23)14-13(29-15)10(26)5-28-14/h2-4,10-15,26-27H,5,23H2,1H3,(H2,22,24,25)/t10?,11?,12?,13?,14-,15-/m1/s1. The number of hydrogen-bond acceptors (Lipinski definition) is 6. The molecule has 1 aromatic rings. The van der Waals surface area contributed by atoms with Crippen LogP contribution in [0.5, 0.6) is 0 Å². The molecule has 6 N–H and O–H groups in total. The summed E-state index contributed by atoms with van der Waals surface area (Å²) in [5.74, 6) is -0.368. The van der Waals surface area contributed by atoms with Gasteiger partial charge < -0.3 is 31.2 Å². The molecular weight excluding hydrogens is 417 g/mol. The van der Waals surface area contributed by atoms with Crippen molar-refractivity contribution in [1.82, 2.24) is 0 Å². The van der Waals surface area contributed by atoms with Gasteiger partial charge in [-0.1, -0.05) is 11.6 Å². The predicted molar refractivity (Wildman–Crippen MR) is 99.2 cm³/mol. The third-order valence-corrected chi connectivity index (χ3v) is 4.83. The fourth-order valence-corrected chi connectivity index (χ4v) is 3.44. The molecule has 0 radical (unpaired) electrons. The quantitative estimate of drug-likeness (QED) is 0.403. The number of alkyl halides is 3. The second-order valence-electron chi connectivity index (χ2n) is 6.84. The number of benzene rings is 1. The first-order chi connectivity index (χ1) is 13.5. The van der Waals surface area contributed by atoms with Gasteiger partial charge in [0.15, 0.2) is 5.84 Å². The van der Waals surface area contributed by atoms with Crippen molar-refractivity contribution in [2.24, 2.45) is 21.5 Å². The Kier molecular flexibility index (Phi) is 6.18. The number of fused-ring (bicyclic) bond motifs is 1. The summed E-state index contributed by atoms with van der Waals surface area (Å²) in [6, 6.07) is 1.89. The highest BCUT2D eigenvalue weighted by Gasteiger charge is 2.52. The van der Waals surface area contributed by atoms with Crippen LogP contribution >= 0.6 is 11.6 Å². The first-order valence-electron chi connectivity index (χ1n) is 8.64. The van der Waals surface area contributed by atoms with Crippen molar-refractivity contribution in [1.29, 1.82) is 0 Å². The van der Waals surface area contributed by atoms with Crippen LogP contribution in [0.25, 0.3) is 0 Å². The third-order valence-electron chi connectivity index (χ3n) is 4.60. The first-order valence-corrected chi connectivity index (χ1v) is 9.01. The van der Waals surface area contributed by atoms with E-state index in [1.54, 1.807) is 0 Å². The normalized spacial score (nSPS) is 33.7. The van der Waals surface area contributed by atoms with Crippen LogP contribution in [0.2, 0.25) is 5.02 Å². The molecule has 0 spiro atoms. The van der Waals surface area contributed by atoms with Gasteiger partial charge in [0, 0.05) is 5.02 Å². The Bertz CT molecular complexity index is 831. The summed E-state index contributed by atoms with van der Waals surface area (Å²) in [5.41, 5.74) is 10.0. The Morgan fingerprint density at radius 2 is 1.97 bits per heavy atom. The molecule has 0 saturated carbocycles. The van der Waals surface area contributed by atoms with Gasteiger partial charge in [0.2, 0.25) is 0 Å². The number of rotatable bonds is 2. The number of aliphatic hydroxyl groups is 2. The van der Waals surface area contributed by atoms with E-state index in [-0.39, 0.29) is 23.3 Å². The van der Waals surface area contributed by atoms with Crippen molar-refractivity contribution >= 4 is 29.0 Å². The van der Waals surface area contributed by atoms with Gasteiger partial charge in [-0.3, -0.25) is 0 Å². The van der Waals surface area contributed by atoms with Crippen LogP contribution in [0.4, 0.5) is 18.9 Å². The summed E-state index contributed by atoms with van der Waals surface area (Å²) >= 11 is 5.84. The topological polar surface area (TPSA) is 136 Å². The van der Waals surface area contributed by atoms with Crippen LogP contribution in [0.1, 0.15) is 12.5 Å². The Morgan fingerprint density at radius 1 is 1.28 bits per heavy atom. The van der Waals surface area contributed by atoms with Gasteiger partial charge in [0.25, 0.3) is 0 Å². The van der Waals surface area contributed by atoms with Crippen LogP contribution in [0, 0.1) is 0 Å². The molecule has 29 heavy (non-hydrogen) atoms. The van der Waals surface area contributed by atoms with E-state index < -0.39 is 54.0 Å². The Labute approximate surface area is 169 Å². The zero-order valence-corrected chi connectivity index (χ0v) is 15.9. The number of aliphatic hydroxyl groups excluding tert-OH is 2. The highest BCUT2D eigenvalue weighted by molar-refractivity contribution is 6.30. The van der Waals surface area contributed by atoms with Gasteiger partial charge in [-0.2, -0.15) is 13.2 Å². The molecule has 4 unspecified atom stereocenters.